The quantitative estimate of drug-likeness (QED) is 0.678. The van der Waals surface area contributed by atoms with Crippen molar-refractivity contribution >= 4 is 11.6 Å². The predicted octanol–water partition coefficient (Wildman–Crippen LogP) is 0.224. The minimum atomic E-state index is -0.0414. The lowest BCUT2D eigenvalue weighted by molar-refractivity contribution is -0.153. The van der Waals surface area contributed by atoms with E-state index < -0.39 is 0 Å². The SMILES string of the molecule is CNCC(=O)N1CCC12CC(C)CN(C1=C(/C=C\N)C(C)=NCN1)C2. The van der Waals surface area contributed by atoms with Crippen LogP contribution in [0.5, 0.6) is 0 Å². The van der Waals surface area contributed by atoms with Crippen LogP contribution in [0.2, 0.25) is 0 Å². The first-order valence-electron chi connectivity index (χ1n) is 9.08. The Bertz CT molecular complexity index is 625. The molecular weight excluding hydrogens is 316 g/mol. The Balaban J connectivity index is 1.87. The lowest BCUT2D eigenvalue weighted by Gasteiger charge is -2.59. The Morgan fingerprint density at radius 2 is 2.36 bits per heavy atom. The van der Waals surface area contributed by atoms with Gasteiger partial charge in [0.1, 0.15) is 12.5 Å². The minimum Gasteiger partial charge on any atom is -0.405 e. The molecule has 1 spiro atoms. The monoisotopic (exact) mass is 346 g/mol. The number of nitrogens with two attached hydrogens (primary N) is 1. The zero-order valence-corrected chi connectivity index (χ0v) is 15.5. The van der Waals surface area contributed by atoms with Gasteiger partial charge in [-0.2, -0.15) is 0 Å². The van der Waals surface area contributed by atoms with Crippen LogP contribution in [0.3, 0.4) is 0 Å². The van der Waals surface area contributed by atoms with Gasteiger partial charge in [-0.05, 0) is 45.0 Å². The molecule has 3 rings (SSSR count). The highest BCUT2D eigenvalue weighted by Crippen LogP contribution is 2.41. The summed E-state index contributed by atoms with van der Waals surface area (Å²) in [7, 11) is 1.82. The molecule has 3 aliphatic heterocycles. The van der Waals surface area contributed by atoms with Crippen molar-refractivity contribution in [1.29, 1.82) is 0 Å². The van der Waals surface area contributed by atoms with Gasteiger partial charge in [-0.1, -0.05) is 6.92 Å². The van der Waals surface area contributed by atoms with Crippen LogP contribution in [0, 0.1) is 5.92 Å². The van der Waals surface area contributed by atoms with Gasteiger partial charge >= 0.3 is 0 Å². The van der Waals surface area contributed by atoms with Gasteiger partial charge in [0.05, 0.1) is 12.1 Å². The fourth-order valence-electron chi connectivity index (χ4n) is 4.46. The van der Waals surface area contributed by atoms with E-state index >= 15 is 0 Å². The fraction of sp³-hybridized carbons (Fsp3) is 0.667. The Kier molecular flexibility index (Phi) is 5.03. The Morgan fingerprint density at radius 1 is 1.56 bits per heavy atom. The van der Waals surface area contributed by atoms with Crippen molar-refractivity contribution in [3.05, 3.63) is 23.7 Å². The van der Waals surface area contributed by atoms with Crippen molar-refractivity contribution in [3.63, 3.8) is 0 Å². The van der Waals surface area contributed by atoms with Crippen molar-refractivity contribution in [2.45, 2.75) is 32.2 Å². The lowest BCUT2D eigenvalue weighted by atomic mass is 9.74. The second-order valence-corrected chi connectivity index (χ2v) is 7.44. The molecule has 1 amide bonds. The Morgan fingerprint density at radius 3 is 3.00 bits per heavy atom. The zero-order valence-electron chi connectivity index (χ0n) is 15.5. The molecule has 0 aromatic rings. The second-order valence-electron chi connectivity index (χ2n) is 7.44. The van der Waals surface area contributed by atoms with E-state index in [-0.39, 0.29) is 11.4 Å². The van der Waals surface area contributed by atoms with E-state index in [1.165, 1.54) is 0 Å². The van der Waals surface area contributed by atoms with Crippen LogP contribution in [0.1, 0.15) is 26.7 Å². The molecule has 2 fully saturated rings. The predicted molar refractivity (Wildman–Crippen MR) is 99.8 cm³/mol. The highest BCUT2D eigenvalue weighted by molar-refractivity contribution is 6.01. The number of aliphatic imine (C=N–C) groups is 1. The largest absolute Gasteiger partial charge is 0.405 e. The lowest BCUT2D eigenvalue weighted by Crippen LogP contribution is -2.70. The topological polar surface area (TPSA) is 86.0 Å². The molecule has 7 nitrogen and oxygen atoms in total. The van der Waals surface area contributed by atoms with Crippen LogP contribution in [0.15, 0.2) is 28.7 Å². The van der Waals surface area contributed by atoms with E-state index in [1.807, 2.05) is 20.0 Å². The molecule has 138 valence electrons. The number of allylic oxidation sites excluding steroid dienone is 2. The molecule has 0 aliphatic carbocycles. The number of nitrogens with one attached hydrogen (secondary N) is 2. The molecule has 0 aromatic carbocycles. The molecule has 4 N–H and O–H groups in total. The minimum absolute atomic E-state index is 0.0414. The Labute approximate surface area is 150 Å². The van der Waals surface area contributed by atoms with Gasteiger partial charge in [0.2, 0.25) is 5.91 Å². The van der Waals surface area contributed by atoms with Gasteiger partial charge < -0.3 is 26.2 Å². The molecule has 0 aromatic heterocycles. The summed E-state index contributed by atoms with van der Waals surface area (Å²) in [6.07, 6.45) is 5.63. The molecule has 3 heterocycles. The van der Waals surface area contributed by atoms with Crippen LogP contribution >= 0.6 is 0 Å². The van der Waals surface area contributed by atoms with Crippen molar-refractivity contribution < 1.29 is 4.79 Å². The van der Waals surface area contributed by atoms with Gasteiger partial charge in [-0.3, -0.25) is 9.79 Å². The smallest absolute Gasteiger partial charge is 0.237 e. The summed E-state index contributed by atoms with van der Waals surface area (Å²) < 4.78 is 0. The van der Waals surface area contributed by atoms with Crippen molar-refractivity contribution in [3.8, 4) is 0 Å². The number of piperidine rings is 1. The van der Waals surface area contributed by atoms with Crippen LogP contribution in [0.4, 0.5) is 0 Å². The molecular formula is C18H30N6O. The molecule has 2 unspecified atom stereocenters. The highest BCUT2D eigenvalue weighted by atomic mass is 16.2. The van der Waals surface area contributed by atoms with Crippen molar-refractivity contribution in [2.24, 2.45) is 16.6 Å². The van der Waals surface area contributed by atoms with E-state index in [4.69, 9.17) is 5.73 Å². The van der Waals surface area contributed by atoms with Crippen LogP contribution in [-0.2, 0) is 4.79 Å². The third-order valence-electron chi connectivity index (χ3n) is 5.53. The second kappa shape index (κ2) is 7.07. The number of rotatable bonds is 4. The molecule has 3 aliphatic rings. The standard InChI is InChI=1S/C18H30N6O/c1-13-8-18(5-7-24(18)16(25)9-20-3)11-23(10-13)17-15(4-6-19)14(2)21-12-22-17/h4,6,13,20,22H,5,7-12,19H2,1-3H3/b6-4-. The summed E-state index contributed by atoms with van der Waals surface area (Å²) in [5.74, 6) is 1.82. The maximum Gasteiger partial charge on any atom is 0.237 e. The van der Waals surface area contributed by atoms with Crippen LogP contribution < -0.4 is 16.4 Å². The van der Waals surface area contributed by atoms with Crippen molar-refractivity contribution in [1.82, 2.24) is 20.4 Å². The molecule has 25 heavy (non-hydrogen) atoms. The first-order chi connectivity index (χ1) is 12.0. The summed E-state index contributed by atoms with van der Waals surface area (Å²) in [6, 6.07) is 0. The van der Waals surface area contributed by atoms with Gasteiger partial charge in [-0.25, -0.2) is 0 Å². The molecule has 0 radical (unpaired) electrons. The number of hydrogen-bond acceptors (Lipinski definition) is 6. The van der Waals surface area contributed by atoms with Gasteiger partial charge in [-0.15, -0.1) is 0 Å². The Hall–Kier alpha value is -2.02. The van der Waals surface area contributed by atoms with Crippen LogP contribution in [-0.4, -0.2) is 66.9 Å². The summed E-state index contributed by atoms with van der Waals surface area (Å²) in [5.41, 5.74) is 7.66. The highest BCUT2D eigenvalue weighted by Gasteiger charge is 2.51. The number of likely N-dealkylation sites (N-methyl/N-ethyl adjacent to an activating group) is 1. The van der Waals surface area contributed by atoms with Crippen LogP contribution in [0.25, 0.3) is 0 Å². The summed E-state index contributed by atoms with van der Waals surface area (Å²) in [5, 5.41) is 6.41. The molecule has 0 bridgehead atoms. The summed E-state index contributed by atoms with van der Waals surface area (Å²) in [4.78, 5) is 21.4. The maximum atomic E-state index is 12.5. The number of carbonyl (C=O) groups is 1. The van der Waals surface area contributed by atoms with E-state index in [2.05, 4.69) is 32.3 Å². The number of carbonyl (C=O) groups excluding carboxylic acids is 1. The van der Waals surface area contributed by atoms with E-state index in [0.29, 0.717) is 19.1 Å². The van der Waals surface area contributed by atoms with E-state index in [1.54, 1.807) is 6.20 Å². The fourth-order valence-corrected chi connectivity index (χ4v) is 4.46. The average Bonchev–Trinajstić information content (AvgIpc) is 2.55. The summed E-state index contributed by atoms with van der Waals surface area (Å²) >= 11 is 0. The zero-order chi connectivity index (χ0) is 18.0. The first kappa shape index (κ1) is 17.8. The third kappa shape index (κ3) is 3.25. The maximum absolute atomic E-state index is 12.5. The normalized spacial score (nSPS) is 29.7. The molecule has 0 saturated carbocycles. The van der Waals surface area contributed by atoms with E-state index in [9.17, 15) is 4.79 Å². The number of likely N-dealkylation sites (tertiary alicyclic amines) is 2. The van der Waals surface area contributed by atoms with Gasteiger partial charge in [0, 0.05) is 30.9 Å². The number of nitrogens with zero attached hydrogens (tertiary/aromatic N) is 3. The molecule has 7 heteroatoms. The first-order valence-corrected chi connectivity index (χ1v) is 9.08. The van der Waals surface area contributed by atoms with Gasteiger partial charge in [0.25, 0.3) is 0 Å². The van der Waals surface area contributed by atoms with Crippen molar-refractivity contribution in [2.75, 3.05) is 39.9 Å². The molecule has 2 saturated heterocycles. The summed E-state index contributed by atoms with van der Waals surface area (Å²) in [6.45, 7) is 8.00. The van der Waals surface area contributed by atoms with E-state index in [0.717, 1.165) is 49.6 Å². The van der Waals surface area contributed by atoms with Gasteiger partial charge in [0.15, 0.2) is 0 Å². The molecule has 2 atom stereocenters. The number of hydrogen-bond donors (Lipinski definition) is 3. The number of amides is 1. The average molecular weight is 346 g/mol. The third-order valence-corrected chi connectivity index (χ3v) is 5.53.